The van der Waals surface area contributed by atoms with E-state index in [9.17, 15) is 33.2 Å². The first-order valence-electron chi connectivity index (χ1n) is 9.31. The molecule has 0 bridgehead atoms. The fraction of sp³-hybridized carbons (Fsp3) is 0.556. The van der Waals surface area contributed by atoms with Crippen molar-refractivity contribution in [3.8, 4) is 0 Å². The number of nitrogens with one attached hydrogen (secondary N) is 1. The number of benzene rings is 1. The molecule has 2 N–H and O–H groups in total. The quantitative estimate of drug-likeness (QED) is 0.474. The predicted molar refractivity (Wildman–Crippen MR) is 104 cm³/mol. The van der Waals surface area contributed by atoms with Crippen molar-refractivity contribution in [2.45, 2.75) is 56.5 Å². The van der Waals surface area contributed by atoms with Crippen LogP contribution in [0, 0.1) is 16.0 Å². The van der Waals surface area contributed by atoms with Gasteiger partial charge in [0.2, 0.25) is 15.9 Å². The smallest absolute Gasteiger partial charge is 0.322 e. The van der Waals surface area contributed by atoms with Crippen LogP contribution in [0.4, 0.5) is 5.69 Å². The fourth-order valence-corrected chi connectivity index (χ4v) is 4.79. The number of nitrogens with zero attached hydrogens (tertiary/aromatic N) is 2. The van der Waals surface area contributed by atoms with Crippen LogP contribution in [-0.2, 0) is 19.6 Å². The molecule has 0 aliphatic carbocycles. The Hall–Kier alpha value is -2.53. The number of aliphatic carboxylic acids is 1. The summed E-state index contributed by atoms with van der Waals surface area (Å²) < 4.78 is 26.7. The third kappa shape index (κ3) is 5.73. The average molecular weight is 427 g/mol. The molecule has 1 fully saturated rings. The first-order valence-corrected chi connectivity index (χ1v) is 10.7. The van der Waals surface area contributed by atoms with Crippen LogP contribution in [-0.4, -0.2) is 53.3 Å². The summed E-state index contributed by atoms with van der Waals surface area (Å²) in [7, 11) is -4.15. The lowest BCUT2D eigenvalue weighted by Gasteiger charge is -2.36. The van der Waals surface area contributed by atoms with Gasteiger partial charge in [0.15, 0.2) is 0 Å². The number of hydrogen-bond donors (Lipinski definition) is 2. The molecule has 10 nitrogen and oxygen atoms in total. The lowest BCUT2D eigenvalue weighted by atomic mass is 9.99. The van der Waals surface area contributed by atoms with Crippen LogP contribution in [0.5, 0.6) is 0 Å². The van der Waals surface area contributed by atoms with Gasteiger partial charge in [-0.2, -0.15) is 4.31 Å². The second-order valence-electron chi connectivity index (χ2n) is 7.44. The second-order valence-corrected chi connectivity index (χ2v) is 9.33. The van der Waals surface area contributed by atoms with Crippen LogP contribution in [0.15, 0.2) is 29.2 Å². The summed E-state index contributed by atoms with van der Waals surface area (Å²) in [5.74, 6) is -1.13. The van der Waals surface area contributed by atoms with Crippen molar-refractivity contribution in [2.24, 2.45) is 5.92 Å². The number of carboxylic acid groups (broad SMARTS) is 1. The third-order valence-corrected chi connectivity index (χ3v) is 6.73. The van der Waals surface area contributed by atoms with Crippen LogP contribution in [0.25, 0.3) is 0 Å². The minimum absolute atomic E-state index is 0.0467. The van der Waals surface area contributed by atoms with E-state index in [4.69, 9.17) is 0 Å². The molecule has 1 amide bonds. The molecule has 0 spiro atoms. The zero-order valence-corrected chi connectivity index (χ0v) is 17.1. The number of carboxylic acids is 1. The van der Waals surface area contributed by atoms with Crippen molar-refractivity contribution >= 4 is 27.6 Å². The summed E-state index contributed by atoms with van der Waals surface area (Å²) in [6, 6.07) is 2.53. The molecule has 1 aromatic rings. The van der Waals surface area contributed by atoms with Gasteiger partial charge >= 0.3 is 5.97 Å². The topological polar surface area (TPSA) is 147 Å². The molecule has 0 aromatic heterocycles. The Morgan fingerprint density at radius 2 is 1.93 bits per heavy atom. The highest BCUT2D eigenvalue weighted by Crippen LogP contribution is 2.27. The molecule has 2 atom stereocenters. The molecular weight excluding hydrogens is 402 g/mol. The van der Waals surface area contributed by atoms with Gasteiger partial charge in [-0.05, 0) is 37.3 Å². The van der Waals surface area contributed by atoms with Crippen molar-refractivity contribution in [2.75, 3.05) is 6.54 Å². The lowest BCUT2D eigenvalue weighted by molar-refractivity contribution is -0.384. The van der Waals surface area contributed by atoms with Crippen LogP contribution in [0.3, 0.4) is 0 Å². The van der Waals surface area contributed by atoms with Crippen LogP contribution < -0.4 is 5.32 Å². The monoisotopic (exact) mass is 427 g/mol. The van der Waals surface area contributed by atoms with Gasteiger partial charge in [-0.15, -0.1) is 0 Å². The molecule has 2 rings (SSSR count). The minimum atomic E-state index is -4.15. The standard InChI is InChI=1S/C18H25N3O7S/c1-12(2)3-8-17(22)19-13-9-10-20(16(11-13)18(23)24)29(27,28)15-6-4-14(5-7-15)21(25)26/h4-7,12-13,16H,3,8-11H2,1-2H3,(H,19,22)(H,23,24)/t13-,16-/m1/s1. The van der Waals surface area contributed by atoms with E-state index in [1.54, 1.807) is 0 Å². The summed E-state index contributed by atoms with van der Waals surface area (Å²) in [6.45, 7) is 3.91. The highest BCUT2D eigenvalue weighted by atomic mass is 32.2. The fourth-order valence-electron chi connectivity index (χ4n) is 3.18. The predicted octanol–water partition coefficient (Wildman–Crippen LogP) is 1.75. The number of rotatable bonds is 8. The Labute approximate surface area is 169 Å². The highest BCUT2D eigenvalue weighted by Gasteiger charge is 2.41. The van der Waals surface area contributed by atoms with Gasteiger partial charge < -0.3 is 10.4 Å². The number of carbonyl (C=O) groups excluding carboxylic acids is 1. The Kier molecular flexibility index (Phi) is 7.31. The molecule has 160 valence electrons. The van der Waals surface area contributed by atoms with Crippen molar-refractivity contribution in [1.29, 1.82) is 0 Å². The molecule has 0 unspecified atom stereocenters. The molecule has 1 aromatic carbocycles. The van der Waals surface area contributed by atoms with Crippen molar-refractivity contribution in [3.05, 3.63) is 34.4 Å². The van der Waals surface area contributed by atoms with E-state index in [0.29, 0.717) is 18.8 Å². The van der Waals surface area contributed by atoms with E-state index in [1.807, 2.05) is 13.8 Å². The molecule has 0 radical (unpaired) electrons. The van der Waals surface area contributed by atoms with Gasteiger partial charge in [0.25, 0.3) is 5.69 Å². The number of non-ortho nitro benzene ring substituents is 1. The molecule has 11 heteroatoms. The molecule has 1 heterocycles. The Morgan fingerprint density at radius 1 is 1.31 bits per heavy atom. The zero-order valence-electron chi connectivity index (χ0n) is 16.3. The van der Waals surface area contributed by atoms with E-state index < -0.39 is 33.0 Å². The van der Waals surface area contributed by atoms with Gasteiger partial charge in [0, 0.05) is 31.1 Å². The number of nitro benzene ring substituents is 1. The van der Waals surface area contributed by atoms with Crippen LogP contribution in [0.2, 0.25) is 0 Å². The van der Waals surface area contributed by atoms with Crippen LogP contribution in [0.1, 0.15) is 39.5 Å². The molecule has 1 aliphatic heterocycles. The SMILES string of the molecule is CC(C)CCC(=O)N[C@@H]1CCN(S(=O)(=O)c2ccc([N+](=O)[O-])cc2)[C@@H](C(=O)O)C1. The van der Waals surface area contributed by atoms with Crippen molar-refractivity contribution in [1.82, 2.24) is 9.62 Å². The molecular formula is C18H25N3O7S. The normalized spacial score (nSPS) is 20.4. The summed E-state index contributed by atoms with van der Waals surface area (Å²) >= 11 is 0. The molecule has 1 saturated heterocycles. The van der Waals surface area contributed by atoms with Crippen molar-refractivity contribution < 1.29 is 28.0 Å². The number of hydrogen-bond acceptors (Lipinski definition) is 6. The largest absolute Gasteiger partial charge is 0.480 e. The second kappa shape index (κ2) is 9.31. The Morgan fingerprint density at radius 3 is 2.45 bits per heavy atom. The number of carbonyl (C=O) groups is 2. The van der Waals surface area contributed by atoms with E-state index >= 15 is 0 Å². The maximum Gasteiger partial charge on any atom is 0.322 e. The molecule has 1 aliphatic rings. The molecule has 29 heavy (non-hydrogen) atoms. The van der Waals surface area contributed by atoms with E-state index in [0.717, 1.165) is 28.6 Å². The summed E-state index contributed by atoms with van der Waals surface area (Å²) in [4.78, 5) is 33.6. The average Bonchev–Trinajstić information content (AvgIpc) is 2.66. The Bertz CT molecular complexity index is 868. The summed E-state index contributed by atoms with van der Waals surface area (Å²) in [5, 5.41) is 23.1. The third-order valence-electron chi connectivity index (χ3n) is 4.81. The number of sulfonamides is 1. The van der Waals surface area contributed by atoms with E-state index in [1.165, 1.54) is 0 Å². The first-order chi connectivity index (χ1) is 13.5. The minimum Gasteiger partial charge on any atom is -0.480 e. The maximum absolute atomic E-state index is 12.9. The van der Waals surface area contributed by atoms with Gasteiger partial charge in [-0.25, -0.2) is 8.42 Å². The maximum atomic E-state index is 12.9. The van der Waals surface area contributed by atoms with Crippen molar-refractivity contribution in [3.63, 3.8) is 0 Å². The highest BCUT2D eigenvalue weighted by molar-refractivity contribution is 7.89. The van der Waals surface area contributed by atoms with E-state index in [-0.39, 0.29) is 35.9 Å². The van der Waals surface area contributed by atoms with E-state index in [2.05, 4.69) is 5.32 Å². The van der Waals surface area contributed by atoms with Gasteiger partial charge in [-0.3, -0.25) is 19.7 Å². The molecule has 0 saturated carbocycles. The number of nitro groups is 1. The lowest BCUT2D eigenvalue weighted by Crippen LogP contribution is -2.54. The summed E-state index contributed by atoms with van der Waals surface area (Å²) in [5.41, 5.74) is -0.262. The van der Waals surface area contributed by atoms with Gasteiger partial charge in [0.1, 0.15) is 6.04 Å². The number of piperidine rings is 1. The summed E-state index contributed by atoms with van der Waals surface area (Å²) in [6.07, 6.45) is 1.27. The first kappa shape index (κ1) is 22.8. The Balaban J connectivity index is 2.14. The van der Waals surface area contributed by atoms with Gasteiger partial charge in [0.05, 0.1) is 9.82 Å². The number of amides is 1. The van der Waals surface area contributed by atoms with Crippen LogP contribution >= 0.6 is 0 Å². The van der Waals surface area contributed by atoms with Gasteiger partial charge in [-0.1, -0.05) is 13.8 Å². The zero-order chi connectivity index (χ0) is 21.8.